The monoisotopic (exact) mass is 261 g/mol. The molecule has 1 fully saturated rings. The molecule has 0 radical (unpaired) electrons. The largest absolute Gasteiger partial charge is 0.326 e. The molecule has 0 saturated carbocycles. The van der Waals surface area contributed by atoms with E-state index in [-0.39, 0.29) is 6.04 Å². The van der Waals surface area contributed by atoms with Gasteiger partial charge in [0.2, 0.25) is 0 Å². The Morgan fingerprint density at radius 3 is 2.37 bits per heavy atom. The van der Waals surface area contributed by atoms with Gasteiger partial charge in [-0.25, -0.2) is 0 Å². The van der Waals surface area contributed by atoms with E-state index in [1.54, 1.807) is 0 Å². The van der Waals surface area contributed by atoms with E-state index >= 15 is 0 Å². The van der Waals surface area contributed by atoms with Crippen molar-refractivity contribution in [1.82, 2.24) is 9.80 Å². The van der Waals surface area contributed by atoms with E-state index in [0.29, 0.717) is 6.04 Å². The molecule has 106 valence electrons. The smallest absolute Gasteiger partial charge is 0.0497 e. The van der Waals surface area contributed by atoms with Crippen molar-refractivity contribution in [2.45, 2.75) is 32.4 Å². The summed E-state index contributed by atoms with van der Waals surface area (Å²) in [5, 5.41) is 0. The molecular formula is C16H27N3. The molecule has 2 unspecified atom stereocenters. The molecule has 1 aliphatic rings. The zero-order valence-electron chi connectivity index (χ0n) is 12.5. The summed E-state index contributed by atoms with van der Waals surface area (Å²) >= 11 is 0. The summed E-state index contributed by atoms with van der Waals surface area (Å²) in [5.41, 5.74) is 8.93. The lowest BCUT2D eigenvalue weighted by molar-refractivity contribution is 0.182. The lowest BCUT2D eigenvalue weighted by Gasteiger charge is -2.33. The Hall–Kier alpha value is -0.900. The SMILES string of the molecule is Cc1ccc(C(C(C)N)N2CCCN(C)CC2)cc1. The lowest BCUT2D eigenvalue weighted by Crippen LogP contribution is -2.41. The number of hydrogen-bond donors (Lipinski definition) is 1. The van der Waals surface area contributed by atoms with E-state index in [9.17, 15) is 0 Å². The van der Waals surface area contributed by atoms with Gasteiger partial charge >= 0.3 is 0 Å². The third-order valence-corrected chi connectivity index (χ3v) is 4.06. The molecule has 0 aromatic heterocycles. The van der Waals surface area contributed by atoms with Gasteiger partial charge in [-0.05, 0) is 39.4 Å². The van der Waals surface area contributed by atoms with E-state index in [2.05, 4.69) is 55.0 Å². The van der Waals surface area contributed by atoms with Gasteiger partial charge in [0.05, 0.1) is 0 Å². The molecule has 0 aliphatic carbocycles. The molecule has 0 bridgehead atoms. The molecule has 19 heavy (non-hydrogen) atoms. The van der Waals surface area contributed by atoms with Crippen molar-refractivity contribution in [2.24, 2.45) is 5.73 Å². The van der Waals surface area contributed by atoms with Crippen molar-refractivity contribution in [3.63, 3.8) is 0 Å². The molecule has 1 aromatic carbocycles. The average Bonchev–Trinajstić information content (AvgIpc) is 2.57. The number of nitrogens with zero attached hydrogens (tertiary/aromatic N) is 2. The number of nitrogens with two attached hydrogens (primary N) is 1. The molecule has 1 saturated heterocycles. The summed E-state index contributed by atoms with van der Waals surface area (Å²) in [4.78, 5) is 4.96. The van der Waals surface area contributed by atoms with Crippen LogP contribution in [0.2, 0.25) is 0 Å². The van der Waals surface area contributed by atoms with Crippen LogP contribution in [0.25, 0.3) is 0 Å². The Bertz CT molecular complexity index is 385. The van der Waals surface area contributed by atoms with Crippen LogP contribution >= 0.6 is 0 Å². The van der Waals surface area contributed by atoms with Crippen molar-refractivity contribution in [3.05, 3.63) is 35.4 Å². The first kappa shape index (κ1) is 14.5. The zero-order valence-corrected chi connectivity index (χ0v) is 12.5. The lowest BCUT2D eigenvalue weighted by atomic mass is 9.98. The standard InChI is InChI=1S/C16H27N3/c1-13-5-7-15(8-6-13)16(14(2)17)19-10-4-9-18(3)11-12-19/h5-8,14,16H,4,9-12,17H2,1-3H3. The van der Waals surface area contributed by atoms with Gasteiger partial charge in [-0.2, -0.15) is 0 Å². The van der Waals surface area contributed by atoms with Crippen molar-refractivity contribution in [2.75, 3.05) is 33.2 Å². The molecule has 1 aliphatic heterocycles. The quantitative estimate of drug-likeness (QED) is 0.903. The van der Waals surface area contributed by atoms with Gasteiger partial charge in [-0.15, -0.1) is 0 Å². The molecule has 3 heteroatoms. The average molecular weight is 261 g/mol. The van der Waals surface area contributed by atoms with E-state index in [1.807, 2.05) is 0 Å². The van der Waals surface area contributed by atoms with Crippen molar-refractivity contribution in [1.29, 1.82) is 0 Å². The van der Waals surface area contributed by atoms with Gasteiger partial charge in [-0.3, -0.25) is 4.90 Å². The highest BCUT2D eigenvalue weighted by atomic mass is 15.2. The number of benzene rings is 1. The summed E-state index contributed by atoms with van der Waals surface area (Å²) in [7, 11) is 2.20. The van der Waals surface area contributed by atoms with Crippen LogP contribution in [0.5, 0.6) is 0 Å². The second kappa shape index (κ2) is 6.51. The number of hydrogen-bond acceptors (Lipinski definition) is 3. The zero-order chi connectivity index (χ0) is 13.8. The Labute approximate surface area is 117 Å². The fraction of sp³-hybridized carbons (Fsp3) is 0.625. The van der Waals surface area contributed by atoms with E-state index < -0.39 is 0 Å². The number of rotatable bonds is 3. The predicted octanol–water partition coefficient (Wildman–Crippen LogP) is 2.02. The highest BCUT2D eigenvalue weighted by Gasteiger charge is 2.25. The fourth-order valence-electron chi connectivity index (χ4n) is 2.96. The van der Waals surface area contributed by atoms with E-state index in [0.717, 1.165) is 19.6 Å². The molecule has 0 amide bonds. The first-order chi connectivity index (χ1) is 9.08. The van der Waals surface area contributed by atoms with Crippen LogP contribution < -0.4 is 5.73 Å². The highest BCUT2D eigenvalue weighted by Crippen LogP contribution is 2.25. The van der Waals surface area contributed by atoms with Gasteiger partial charge in [0.25, 0.3) is 0 Å². The molecule has 1 heterocycles. The Balaban J connectivity index is 2.17. The van der Waals surface area contributed by atoms with Crippen molar-refractivity contribution in [3.8, 4) is 0 Å². The second-order valence-electron chi connectivity index (χ2n) is 5.91. The highest BCUT2D eigenvalue weighted by molar-refractivity contribution is 5.25. The second-order valence-corrected chi connectivity index (χ2v) is 5.91. The molecule has 3 nitrogen and oxygen atoms in total. The van der Waals surface area contributed by atoms with Crippen molar-refractivity contribution >= 4 is 0 Å². The normalized spacial score (nSPS) is 21.9. The van der Waals surface area contributed by atoms with E-state index in [1.165, 1.54) is 24.1 Å². The maximum atomic E-state index is 6.27. The molecule has 2 N–H and O–H groups in total. The van der Waals surface area contributed by atoms with Crippen LogP contribution in [0.4, 0.5) is 0 Å². The minimum absolute atomic E-state index is 0.158. The van der Waals surface area contributed by atoms with Gasteiger partial charge in [0.15, 0.2) is 0 Å². The third-order valence-electron chi connectivity index (χ3n) is 4.06. The number of aryl methyl sites for hydroxylation is 1. The molecular weight excluding hydrogens is 234 g/mol. The topological polar surface area (TPSA) is 32.5 Å². The molecule has 2 atom stereocenters. The summed E-state index contributed by atoms with van der Waals surface area (Å²) in [6, 6.07) is 9.34. The van der Waals surface area contributed by atoms with Crippen LogP contribution in [0.1, 0.15) is 30.5 Å². The fourth-order valence-corrected chi connectivity index (χ4v) is 2.96. The van der Waals surface area contributed by atoms with Crippen LogP contribution in [0, 0.1) is 6.92 Å². The Morgan fingerprint density at radius 1 is 1.05 bits per heavy atom. The minimum atomic E-state index is 0.158. The van der Waals surface area contributed by atoms with Gasteiger partial charge in [-0.1, -0.05) is 29.8 Å². The first-order valence-corrected chi connectivity index (χ1v) is 7.32. The summed E-state index contributed by atoms with van der Waals surface area (Å²) < 4.78 is 0. The minimum Gasteiger partial charge on any atom is -0.326 e. The third kappa shape index (κ3) is 3.78. The number of likely N-dealkylation sites (N-methyl/N-ethyl adjacent to an activating group) is 1. The molecule has 0 spiro atoms. The summed E-state index contributed by atoms with van der Waals surface area (Å²) in [6.07, 6.45) is 1.23. The van der Waals surface area contributed by atoms with Gasteiger partial charge in [0.1, 0.15) is 0 Å². The molecule has 1 aromatic rings. The van der Waals surface area contributed by atoms with Crippen LogP contribution in [0.15, 0.2) is 24.3 Å². The first-order valence-electron chi connectivity index (χ1n) is 7.32. The van der Waals surface area contributed by atoms with Gasteiger partial charge in [0, 0.05) is 31.7 Å². The van der Waals surface area contributed by atoms with Crippen LogP contribution in [-0.2, 0) is 0 Å². The van der Waals surface area contributed by atoms with Crippen LogP contribution in [0.3, 0.4) is 0 Å². The molecule has 2 rings (SSSR count). The Morgan fingerprint density at radius 2 is 1.74 bits per heavy atom. The maximum absolute atomic E-state index is 6.27. The van der Waals surface area contributed by atoms with Crippen LogP contribution in [-0.4, -0.2) is 49.1 Å². The van der Waals surface area contributed by atoms with Crippen molar-refractivity contribution < 1.29 is 0 Å². The maximum Gasteiger partial charge on any atom is 0.0497 e. The summed E-state index contributed by atoms with van der Waals surface area (Å²) in [5.74, 6) is 0. The van der Waals surface area contributed by atoms with Gasteiger partial charge < -0.3 is 10.6 Å². The Kier molecular flexibility index (Phi) is 4.97. The van der Waals surface area contributed by atoms with E-state index in [4.69, 9.17) is 5.73 Å². The summed E-state index contributed by atoms with van der Waals surface area (Å²) in [6.45, 7) is 8.83. The predicted molar refractivity (Wildman–Crippen MR) is 81.3 cm³/mol.